The topological polar surface area (TPSA) is 92.7 Å². The average molecular weight is 422 g/mol. The van der Waals surface area contributed by atoms with E-state index in [1.807, 2.05) is 12.1 Å². The second kappa shape index (κ2) is 7.05. The Morgan fingerprint density at radius 2 is 1.87 bits per heavy atom. The highest BCUT2D eigenvalue weighted by Gasteiger charge is 2.50. The van der Waals surface area contributed by atoms with Crippen LogP contribution in [0.25, 0.3) is 5.52 Å². The van der Waals surface area contributed by atoms with E-state index in [0.717, 1.165) is 30.7 Å². The fourth-order valence-electron chi connectivity index (χ4n) is 7.32. The van der Waals surface area contributed by atoms with Crippen LogP contribution in [-0.4, -0.2) is 52.0 Å². The Bertz CT molecular complexity index is 1010. The van der Waals surface area contributed by atoms with Gasteiger partial charge in [-0.2, -0.15) is 5.10 Å². The number of nitrogens with one attached hydrogen (secondary N) is 1. The molecule has 2 aromatic heterocycles. The minimum absolute atomic E-state index is 0.0342. The van der Waals surface area contributed by atoms with Gasteiger partial charge < -0.3 is 16.0 Å². The smallest absolute Gasteiger partial charge is 0.274 e. The molecule has 31 heavy (non-hydrogen) atoms. The number of hydrogen-bond donors (Lipinski definition) is 2. The molecule has 1 saturated heterocycles. The van der Waals surface area contributed by atoms with Crippen molar-refractivity contribution in [3.8, 4) is 0 Å². The fraction of sp³-hybridized carbons (Fsp3) is 0.625. The molecule has 1 aliphatic heterocycles. The van der Waals surface area contributed by atoms with E-state index in [2.05, 4.69) is 10.4 Å². The van der Waals surface area contributed by atoms with Gasteiger partial charge >= 0.3 is 0 Å². The standard InChI is InChI=1S/C24H31N5O2/c25-18-3-5-28(13-18)23(31)20-9-21-19(2-1-4-29(21)27-20)22(30)26-14-24-10-15-6-16(11-24)8-17(7-15)12-24/h1-2,4,9,15-18H,3,5-8,10-14,25H2,(H,26,30)/t15?,16?,17?,18-,24?/m1/s1. The minimum atomic E-state index is -0.114. The maximum Gasteiger partial charge on any atom is 0.274 e. The Morgan fingerprint density at radius 1 is 1.16 bits per heavy atom. The summed E-state index contributed by atoms with van der Waals surface area (Å²) in [6.45, 7) is 1.99. The first-order valence-corrected chi connectivity index (χ1v) is 11.8. The van der Waals surface area contributed by atoms with Crippen LogP contribution in [0.15, 0.2) is 24.4 Å². The Balaban J connectivity index is 1.20. The number of carbonyl (C=O) groups excluding carboxylic acids is 2. The van der Waals surface area contributed by atoms with Crippen molar-refractivity contribution in [2.24, 2.45) is 28.9 Å². The largest absolute Gasteiger partial charge is 0.351 e. The molecule has 0 unspecified atom stereocenters. The van der Waals surface area contributed by atoms with Gasteiger partial charge in [-0.15, -0.1) is 0 Å². The lowest BCUT2D eigenvalue weighted by atomic mass is 9.49. The molecule has 3 heterocycles. The van der Waals surface area contributed by atoms with Gasteiger partial charge in [0.05, 0.1) is 11.1 Å². The second-order valence-corrected chi connectivity index (χ2v) is 10.7. The summed E-state index contributed by atoms with van der Waals surface area (Å²) < 4.78 is 1.64. The molecule has 4 bridgehead atoms. The fourth-order valence-corrected chi connectivity index (χ4v) is 7.32. The van der Waals surface area contributed by atoms with Gasteiger partial charge in [0.2, 0.25) is 0 Å². The molecular formula is C24H31N5O2. The number of aromatic nitrogens is 2. The molecule has 3 N–H and O–H groups in total. The first-order chi connectivity index (χ1) is 15.0. The van der Waals surface area contributed by atoms with Crippen molar-refractivity contribution in [2.45, 2.75) is 51.0 Å². The van der Waals surface area contributed by atoms with Gasteiger partial charge in [-0.1, -0.05) is 0 Å². The van der Waals surface area contributed by atoms with Crippen LogP contribution in [0.4, 0.5) is 0 Å². The van der Waals surface area contributed by atoms with Gasteiger partial charge in [-0.25, -0.2) is 4.52 Å². The molecule has 0 spiro atoms. The zero-order valence-electron chi connectivity index (χ0n) is 17.9. The molecule has 7 rings (SSSR count). The zero-order chi connectivity index (χ0) is 21.2. The molecule has 5 fully saturated rings. The molecule has 2 amide bonds. The summed E-state index contributed by atoms with van der Waals surface area (Å²) in [5.74, 6) is 2.43. The average Bonchev–Trinajstić information content (AvgIpc) is 3.36. The summed E-state index contributed by atoms with van der Waals surface area (Å²) in [4.78, 5) is 27.7. The van der Waals surface area contributed by atoms with Crippen LogP contribution in [-0.2, 0) is 0 Å². The van der Waals surface area contributed by atoms with Crippen molar-refractivity contribution in [1.82, 2.24) is 19.8 Å². The number of amides is 2. The second-order valence-electron chi connectivity index (χ2n) is 10.7. The van der Waals surface area contributed by atoms with Crippen LogP contribution >= 0.6 is 0 Å². The molecule has 4 aliphatic carbocycles. The molecule has 0 radical (unpaired) electrons. The lowest BCUT2D eigenvalue weighted by Crippen LogP contribution is -2.51. The van der Waals surface area contributed by atoms with Gasteiger partial charge in [-0.05, 0) is 86.3 Å². The molecule has 7 nitrogen and oxygen atoms in total. The Morgan fingerprint density at radius 3 is 2.52 bits per heavy atom. The number of fused-ring (bicyclic) bond motifs is 1. The Hall–Kier alpha value is -2.41. The van der Waals surface area contributed by atoms with E-state index < -0.39 is 0 Å². The summed E-state index contributed by atoms with van der Waals surface area (Å²) in [5, 5.41) is 7.70. The van der Waals surface area contributed by atoms with E-state index in [9.17, 15) is 9.59 Å². The molecule has 7 heteroatoms. The highest BCUT2D eigenvalue weighted by atomic mass is 16.2. The van der Waals surface area contributed by atoms with Crippen LogP contribution in [0.5, 0.6) is 0 Å². The minimum Gasteiger partial charge on any atom is -0.351 e. The molecule has 5 aliphatic rings. The van der Waals surface area contributed by atoms with Gasteiger partial charge in [0.1, 0.15) is 0 Å². The van der Waals surface area contributed by atoms with Gasteiger partial charge in [0.25, 0.3) is 11.8 Å². The predicted molar refractivity (Wildman–Crippen MR) is 117 cm³/mol. The highest BCUT2D eigenvalue weighted by molar-refractivity contribution is 6.02. The number of nitrogens with zero attached hydrogens (tertiary/aromatic N) is 3. The van der Waals surface area contributed by atoms with Crippen LogP contribution in [0.2, 0.25) is 0 Å². The third-order valence-electron chi connectivity index (χ3n) is 8.27. The van der Waals surface area contributed by atoms with E-state index in [1.165, 1.54) is 38.5 Å². The van der Waals surface area contributed by atoms with E-state index in [4.69, 9.17) is 5.73 Å². The summed E-state index contributed by atoms with van der Waals surface area (Å²) in [6, 6.07) is 5.42. The monoisotopic (exact) mass is 421 g/mol. The van der Waals surface area contributed by atoms with Crippen molar-refractivity contribution in [3.05, 3.63) is 35.7 Å². The third-order valence-corrected chi connectivity index (χ3v) is 8.27. The van der Waals surface area contributed by atoms with Crippen molar-refractivity contribution >= 4 is 17.3 Å². The van der Waals surface area contributed by atoms with Crippen molar-refractivity contribution in [1.29, 1.82) is 0 Å². The molecule has 2 aromatic rings. The molecule has 0 aromatic carbocycles. The normalized spacial score (nSPS) is 33.9. The highest BCUT2D eigenvalue weighted by Crippen LogP contribution is 2.59. The lowest BCUT2D eigenvalue weighted by molar-refractivity contribution is -0.0503. The number of pyridine rings is 1. The van der Waals surface area contributed by atoms with Crippen molar-refractivity contribution in [2.75, 3.05) is 19.6 Å². The van der Waals surface area contributed by atoms with Gasteiger partial charge in [0, 0.05) is 31.9 Å². The quantitative estimate of drug-likeness (QED) is 0.793. The maximum atomic E-state index is 13.2. The van der Waals surface area contributed by atoms with Crippen LogP contribution < -0.4 is 11.1 Å². The first-order valence-electron chi connectivity index (χ1n) is 11.8. The number of nitrogens with two attached hydrogens (primary N) is 1. The predicted octanol–water partition coefficient (Wildman–Crippen LogP) is 2.45. The molecule has 4 saturated carbocycles. The lowest BCUT2D eigenvalue weighted by Gasteiger charge is -2.56. The van der Waals surface area contributed by atoms with Crippen LogP contribution in [0, 0.1) is 23.2 Å². The van der Waals surface area contributed by atoms with Gasteiger partial charge in [-0.3, -0.25) is 9.59 Å². The first kappa shape index (κ1) is 19.3. The number of likely N-dealkylation sites (tertiary alicyclic amines) is 1. The summed E-state index contributed by atoms with van der Waals surface area (Å²) in [6.07, 6.45) is 10.6. The van der Waals surface area contributed by atoms with E-state index in [-0.39, 0.29) is 17.9 Å². The van der Waals surface area contributed by atoms with Crippen LogP contribution in [0.1, 0.15) is 65.8 Å². The summed E-state index contributed by atoms with van der Waals surface area (Å²) in [7, 11) is 0. The summed E-state index contributed by atoms with van der Waals surface area (Å²) >= 11 is 0. The number of hydrogen-bond acceptors (Lipinski definition) is 4. The van der Waals surface area contributed by atoms with E-state index in [1.54, 1.807) is 21.7 Å². The van der Waals surface area contributed by atoms with E-state index >= 15 is 0 Å². The maximum absolute atomic E-state index is 13.2. The number of carbonyl (C=O) groups is 2. The Kier molecular flexibility index (Phi) is 4.39. The van der Waals surface area contributed by atoms with Gasteiger partial charge in [0.15, 0.2) is 5.69 Å². The zero-order valence-corrected chi connectivity index (χ0v) is 17.9. The Labute approximate surface area is 182 Å². The molecule has 164 valence electrons. The summed E-state index contributed by atoms with van der Waals surface area (Å²) in [5.41, 5.74) is 7.87. The van der Waals surface area contributed by atoms with Crippen LogP contribution in [0.3, 0.4) is 0 Å². The van der Waals surface area contributed by atoms with Crippen molar-refractivity contribution in [3.63, 3.8) is 0 Å². The molecule has 1 atom stereocenters. The number of rotatable bonds is 4. The van der Waals surface area contributed by atoms with Crippen molar-refractivity contribution < 1.29 is 9.59 Å². The molecular weight excluding hydrogens is 390 g/mol. The third kappa shape index (κ3) is 3.34. The SMILES string of the molecule is N[C@@H]1CCN(C(=O)c2cc3c(C(=O)NCC45CC6CC(CC(C6)C4)C5)cccn3n2)C1. The van der Waals surface area contributed by atoms with E-state index in [0.29, 0.717) is 35.3 Å².